The first-order valence-electron chi connectivity index (χ1n) is 7.57. The Balaban J connectivity index is 1.99. The number of hydrogen-bond donors (Lipinski definition) is 1. The maximum Gasteiger partial charge on any atom is 0.164 e. The molecular formula is C16H24N4O. The summed E-state index contributed by atoms with van der Waals surface area (Å²) in [5.41, 5.74) is 1.23. The van der Waals surface area contributed by atoms with Crippen molar-refractivity contribution in [3.8, 4) is 5.75 Å². The van der Waals surface area contributed by atoms with Crippen LogP contribution >= 0.6 is 0 Å². The van der Waals surface area contributed by atoms with Gasteiger partial charge in [0.25, 0.3) is 0 Å². The molecule has 1 heterocycles. The third-order valence-electron chi connectivity index (χ3n) is 3.37. The van der Waals surface area contributed by atoms with Crippen LogP contribution in [0.4, 0.5) is 0 Å². The molecule has 1 atom stereocenters. The Morgan fingerprint density at radius 2 is 2.19 bits per heavy atom. The molecule has 114 valence electrons. The minimum Gasteiger partial charge on any atom is -0.486 e. The lowest BCUT2D eigenvalue weighted by atomic mass is 10.1. The van der Waals surface area contributed by atoms with Crippen molar-refractivity contribution in [3.63, 3.8) is 0 Å². The van der Waals surface area contributed by atoms with Crippen molar-refractivity contribution < 1.29 is 4.74 Å². The average molecular weight is 288 g/mol. The molecule has 2 aromatic rings. The van der Waals surface area contributed by atoms with E-state index in [2.05, 4.69) is 48.3 Å². The van der Waals surface area contributed by atoms with E-state index in [-0.39, 0.29) is 0 Å². The summed E-state index contributed by atoms with van der Waals surface area (Å²) in [4.78, 5) is 4.25. The summed E-state index contributed by atoms with van der Waals surface area (Å²) in [6.45, 7) is 8.65. The lowest BCUT2D eigenvalue weighted by Crippen LogP contribution is -2.17. The average Bonchev–Trinajstić information content (AvgIpc) is 2.93. The number of aromatic nitrogens is 3. The van der Waals surface area contributed by atoms with E-state index in [0.717, 1.165) is 31.1 Å². The van der Waals surface area contributed by atoms with Crippen molar-refractivity contribution in [1.82, 2.24) is 20.1 Å². The van der Waals surface area contributed by atoms with Crippen LogP contribution < -0.4 is 10.1 Å². The smallest absolute Gasteiger partial charge is 0.164 e. The molecule has 5 nitrogen and oxygen atoms in total. The summed E-state index contributed by atoms with van der Waals surface area (Å²) in [5.74, 6) is 1.73. The number of benzene rings is 1. The van der Waals surface area contributed by atoms with Crippen LogP contribution in [-0.4, -0.2) is 21.3 Å². The van der Waals surface area contributed by atoms with Gasteiger partial charge in [-0.1, -0.05) is 26.0 Å². The second-order valence-electron chi connectivity index (χ2n) is 5.04. The number of nitrogens with zero attached hydrogens (tertiary/aromatic N) is 3. The maximum atomic E-state index is 5.86. The highest BCUT2D eigenvalue weighted by Crippen LogP contribution is 2.19. The van der Waals surface area contributed by atoms with Crippen molar-refractivity contribution in [2.45, 2.75) is 46.4 Å². The Hall–Kier alpha value is -1.88. The molecule has 1 N–H and O–H groups in total. The SMILES string of the molecule is CCCn1ncnc1COc1cccc(C(C)NCC)c1. The predicted molar refractivity (Wildman–Crippen MR) is 83.2 cm³/mol. The zero-order chi connectivity index (χ0) is 15.1. The molecule has 21 heavy (non-hydrogen) atoms. The van der Waals surface area contributed by atoms with Gasteiger partial charge in [0.1, 0.15) is 18.7 Å². The third kappa shape index (κ3) is 4.29. The quantitative estimate of drug-likeness (QED) is 0.811. The third-order valence-corrected chi connectivity index (χ3v) is 3.37. The summed E-state index contributed by atoms with van der Waals surface area (Å²) >= 11 is 0. The Morgan fingerprint density at radius 1 is 1.33 bits per heavy atom. The van der Waals surface area contributed by atoms with Gasteiger partial charge in [0.05, 0.1) is 0 Å². The molecule has 5 heteroatoms. The van der Waals surface area contributed by atoms with Gasteiger partial charge in [-0.2, -0.15) is 5.10 Å². The molecule has 1 unspecified atom stereocenters. The fraction of sp³-hybridized carbons (Fsp3) is 0.500. The van der Waals surface area contributed by atoms with E-state index < -0.39 is 0 Å². The van der Waals surface area contributed by atoms with Crippen LogP contribution in [0.15, 0.2) is 30.6 Å². The topological polar surface area (TPSA) is 52.0 Å². The van der Waals surface area contributed by atoms with Gasteiger partial charge in [0, 0.05) is 12.6 Å². The molecule has 2 rings (SSSR count). The van der Waals surface area contributed by atoms with Gasteiger partial charge >= 0.3 is 0 Å². The van der Waals surface area contributed by atoms with Crippen molar-refractivity contribution in [2.75, 3.05) is 6.54 Å². The molecule has 1 aromatic carbocycles. The van der Waals surface area contributed by atoms with Gasteiger partial charge in [-0.15, -0.1) is 0 Å². The van der Waals surface area contributed by atoms with Crippen LogP contribution in [0.3, 0.4) is 0 Å². The van der Waals surface area contributed by atoms with E-state index in [0.29, 0.717) is 12.6 Å². The van der Waals surface area contributed by atoms with Crippen LogP contribution in [0.2, 0.25) is 0 Å². The largest absolute Gasteiger partial charge is 0.486 e. The van der Waals surface area contributed by atoms with E-state index in [4.69, 9.17) is 4.74 Å². The number of hydrogen-bond acceptors (Lipinski definition) is 4. The minimum absolute atomic E-state index is 0.322. The van der Waals surface area contributed by atoms with Crippen molar-refractivity contribution in [1.29, 1.82) is 0 Å². The van der Waals surface area contributed by atoms with Gasteiger partial charge in [0.15, 0.2) is 5.82 Å². The van der Waals surface area contributed by atoms with Crippen LogP contribution in [0, 0.1) is 0 Å². The first kappa shape index (κ1) is 15.5. The molecule has 0 radical (unpaired) electrons. The summed E-state index contributed by atoms with van der Waals surface area (Å²) in [5, 5.41) is 7.61. The van der Waals surface area contributed by atoms with Crippen LogP contribution in [0.25, 0.3) is 0 Å². The zero-order valence-electron chi connectivity index (χ0n) is 13.0. The summed E-state index contributed by atoms with van der Waals surface area (Å²) in [7, 11) is 0. The highest BCUT2D eigenvalue weighted by atomic mass is 16.5. The first-order chi connectivity index (χ1) is 10.2. The molecular weight excluding hydrogens is 264 g/mol. The van der Waals surface area contributed by atoms with E-state index in [1.165, 1.54) is 5.56 Å². The molecule has 0 aliphatic carbocycles. The van der Waals surface area contributed by atoms with Gasteiger partial charge in [0.2, 0.25) is 0 Å². The minimum atomic E-state index is 0.322. The van der Waals surface area contributed by atoms with E-state index >= 15 is 0 Å². The standard InChI is InChI=1S/C16H24N4O/c1-4-9-20-16(18-12-19-20)11-21-15-8-6-7-14(10-15)13(3)17-5-2/h6-8,10,12-13,17H,4-5,9,11H2,1-3H3. The maximum absolute atomic E-state index is 5.86. The van der Waals surface area contributed by atoms with Gasteiger partial charge in [-0.05, 0) is 37.6 Å². The zero-order valence-corrected chi connectivity index (χ0v) is 13.0. The van der Waals surface area contributed by atoms with Crippen molar-refractivity contribution >= 4 is 0 Å². The molecule has 0 spiro atoms. The number of rotatable bonds is 8. The van der Waals surface area contributed by atoms with Crippen LogP contribution in [-0.2, 0) is 13.2 Å². The number of ether oxygens (including phenoxy) is 1. The highest BCUT2D eigenvalue weighted by Gasteiger charge is 2.07. The summed E-state index contributed by atoms with van der Waals surface area (Å²) in [6, 6.07) is 8.51. The second-order valence-corrected chi connectivity index (χ2v) is 5.04. The Kier molecular flexibility index (Phi) is 5.75. The van der Waals surface area contributed by atoms with Gasteiger partial charge in [-0.3, -0.25) is 0 Å². The lowest BCUT2D eigenvalue weighted by molar-refractivity contribution is 0.285. The molecule has 1 aromatic heterocycles. The fourth-order valence-electron chi connectivity index (χ4n) is 2.24. The van der Waals surface area contributed by atoms with E-state index in [9.17, 15) is 0 Å². The molecule has 0 aliphatic heterocycles. The predicted octanol–water partition coefficient (Wildman–Crippen LogP) is 2.94. The van der Waals surface area contributed by atoms with Crippen molar-refractivity contribution in [3.05, 3.63) is 42.0 Å². The summed E-state index contributed by atoms with van der Waals surface area (Å²) in [6.07, 6.45) is 2.62. The van der Waals surface area contributed by atoms with Crippen LogP contribution in [0.1, 0.15) is 44.6 Å². The van der Waals surface area contributed by atoms with Gasteiger partial charge < -0.3 is 10.1 Å². The fourth-order valence-corrected chi connectivity index (χ4v) is 2.24. The van der Waals surface area contributed by atoms with Gasteiger partial charge in [-0.25, -0.2) is 9.67 Å². The molecule has 0 saturated carbocycles. The molecule has 0 fully saturated rings. The number of aryl methyl sites for hydroxylation is 1. The normalized spacial score (nSPS) is 12.3. The molecule has 0 saturated heterocycles. The molecule has 0 amide bonds. The second kappa shape index (κ2) is 7.78. The van der Waals surface area contributed by atoms with Crippen molar-refractivity contribution in [2.24, 2.45) is 0 Å². The lowest BCUT2D eigenvalue weighted by Gasteiger charge is -2.14. The van der Waals surface area contributed by atoms with Crippen LogP contribution in [0.5, 0.6) is 5.75 Å². The number of nitrogens with one attached hydrogen (secondary N) is 1. The molecule has 0 bridgehead atoms. The Morgan fingerprint density at radius 3 is 2.95 bits per heavy atom. The highest BCUT2D eigenvalue weighted by molar-refractivity contribution is 5.30. The van der Waals surface area contributed by atoms with E-state index in [1.807, 2.05) is 16.8 Å². The van der Waals surface area contributed by atoms with E-state index in [1.54, 1.807) is 6.33 Å². The Labute approximate surface area is 126 Å². The Bertz CT molecular complexity index is 553. The molecule has 0 aliphatic rings. The summed E-state index contributed by atoms with van der Waals surface area (Å²) < 4.78 is 7.75. The monoisotopic (exact) mass is 288 g/mol. The first-order valence-corrected chi connectivity index (χ1v) is 7.57.